The van der Waals surface area contributed by atoms with Crippen LogP contribution >= 0.6 is 0 Å². The number of carbonyl (C=O) groups is 1. The highest BCUT2D eigenvalue weighted by Gasteiger charge is 2.16. The molecular weight excluding hydrogens is 400 g/mol. The first-order valence-corrected chi connectivity index (χ1v) is 12.0. The average Bonchev–Trinajstić information content (AvgIpc) is 2.79. The predicted molar refractivity (Wildman–Crippen MR) is 131 cm³/mol. The fourth-order valence-electron chi connectivity index (χ4n) is 4.03. The topological polar surface area (TPSA) is 75.8 Å². The minimum absolute atomic E-state index is 0.444. The molecule has 2 atom stereocenters. The lowest BCUT2D eigenvalue weighted by atomic mass is 9.98. The van der Waals surface area contributed by atoms with Crippen molar-refractivity contribution in [3.63, 3.8) is 0 Å². The van der Waals surface area contributed by atoms with Crippen LogP contribution in [0.5, 0.6) is 0 Å². The average molecular weight is 441 g/mol. The van der Waals surface area contributed by atoms with Crippen LogP contribution in [0, 0.1) is 0 Å². The maximum Gasteiger partial charge on any atom is 0.246 e. The van der Waals surface area contributed by atoms with Crippen molar-refractivity contribution in [1.29, 1.82) is 0 Å². The van der Waals surface area contributed by atoms with Crippen molar-refractivity contribution in [2.24, 2.45) is 5.73 Å². The molecular formula is C27H40N2O3. The number of rotatable bonds is 15. The Morgan fingerprint density at radius 2 is 1.50 bits per heavy atom. The van der Waals surface area contributed by atoms with Crippen LogP contribution in [0.25, 0.3) is 11.1 Å². The zero-order chi connectivity index (χ0) is 23.3. The molecule has 5 heteroatoms. The number of ether oxygens (including phenoxy) is 1. The van der Waals surface area contributed by atoms with Gasteiger partial charge in [0.25, 0.3) is 0 Å². The van der Waals surface area contributed by atoms with Crippen molar-refractivity contribution in [1.82, 2.24) is 4.90 Å². The van der Waals surface area contributed by atoms with Gasteiger partial charge in [-0.05, 0) is 74.4 Å². The highest BCUT2D eigenvalue weighted by molar-refractivity contribution is 5.78. The van der Waals surface area contributed by atoms with E-state index in [0.717, 1.165) is 30.8 Å². The lowest BCUT2D eigenvalue weighted by molar-refractivity contribution is -0.129. The summed E-state index contributed by atoms with van der Waals surface area (Å²) in [4.78, 5) is 13.9. The second-order valence-corrected chi connectivity index (χ2v) is 8.39. The Morgan fingerprint density at radius 1 is 0.938 bits per heavy atom. The van der Waals surface area contributed by atoms with E-state index in [0.29, 0.717) is 25.9 Å². The number of nitrogens with two attached hydrogens (primary N) is 1. The molecule has 3 N–H and O–H groups in total. The van der Waals surface area contributed by atoms with Gasteiger partial charge in [0.15, 0.2) is 0 Å². The van der Waals surface area contributed by atoms with E-state index < -0.39 is 18.1 Å². The minimum atomic E-state index is -0.575. The molecule has 0 radical (unpaired) electrons. The first-order valence-electron chi connectivity index (χ1n) is 12.0. The molecule has 0 aromatic heterocycles. The maximum absolute atomic E-state index is 11.4. The van der Waals surface area contributed by atoms with Gasteiger partial charge in [-0.3, -0.25) is 9.69 Å². The molecule has 5 nitrogen and oxygen atoms in total. The third kappa shape index (κ3) is 8.38. The van der Waals surface area contributed by atoms with Gasteiger partial charge < -0.3 is 15.6 Å². The van der Waals surface area contributed by atoms with Crippen molar-refractivity contribution >= 4 is 5.91 Å². The zero-order valence-electron chi connectivity index (χ0n) is 19.9. The number of nitrogens with zero attached hydrogens (tertiary/aromatic N) is 1. The van der Waals surface area contributed by atoms with Crippen molar-refractivity contribution in [2.75, 3.05) is 19.7 Å². The summed E-state index contributed by atoms with van der Waals surface area (Å²) in [6.07, 6.45) is 2.97. The van der Waals surface area contributed by atoms with Crippen molar-refractivity contribution in [3.05, 3.63) is 59.7 Å². The van der Waals surface area contributed by atoms with Crippen LogP contribution in [0.2, 0.25) is 0 Å². The van der Waals surface area contributed by atoms with Gasteiger partial charge in [0.2, 0.25) is 5.91 Å². The highest BCUT2D eigenvalue weighted by atomic mass is 16.5. The molecule has 32 heavy (non-hydrogen) atoms. The Bertz CT molecular complexity index is 784. The number of primary amides is 1. The third-order valence-electron chi connectivity index (χ3n) is 5.70. The number of amides is 1. The summed E-state index contributed by atoms with van der Waals surface area (Å²) in [6, 6.07) is 16.8. The van der Waals surface area contributed by atoms with E-state index in [2.05, 4.69) is 55.1 Å². The van der Waals surface area contributed by atoms with Crippen molar-refractivity contribution < 1.29 is 14.6 Å². The number of hydrogen-bond acceptors (Lipinski definition) is 4. The van der Waals surface area contributed by atoms with Crippen LogP contribution in [-0.2, 0) is 16.1 Å². The summed E-state index contributed by atoms with van der Waals surface area (Å²) in [7, 11) is 0. The normalized spacial score (nSPS) is 13.3. The van der Waals surface area contributed by atoms with E-state index in [-0.39, 0.29) is 0 Å². The van der Waals surface area contributed by atoms with Gasteiger partial charge in [-0.15, -0.1) is 0 Å². The van der Waals surface area contributed by atoms with E-state index in [1.807, 2.05) is 19.1 Å². The van der Waals surface area contributed by atoms with E-state index in [4.69, 9.17) is 10.5 Å². The minimum Gasteiger partial charge on any atom is -0.388 e. The molecule has 0 bridgehead atoms. The van der Waals surface area contributed by atoms with Crippen LogP contribution in [0.15, 0.2) is 48.5 Å². The smallest absolute Gasteiger partial charge is 0.246 e. The molecule has 2 aromatic carbocycles. The maximum atomic E-state index is 11.4. The highest BCUT2D eigenvalue weighted by Crippen LogP contribution is 2.25. The molecule has 2 aromatic rings. The Morgan fingerprint density at radius 3 is 2.00 bits per heavy atom. The molecule has 0 saturated carbocycles. The fourth-order valence-corrected chi connectivity index (χ4v) is 4.03. The largest absolute Gasteiger partial charge is 0.388 e. The number of hydrogen-bond donors (Lipinski definition) is 2. The second-order valence-electron chi connectivity index (χ2n) is 8.39. The summed E-state index contributed by atoms with van der Waals surface area (Å²) in [5, 5.41) is 10.5. The predicted octanol–water partition coefficient (Wildman–Crippen LogP) is 5.07. The van der Waals surface area contributed by atoms with Gasteiger partial charge in [-0.2, -0.15) is 0 Å². The molecule has 1 amide bonds. The monoisotopic (exact) mass is 440 g/mol. The second kappa shape index (κ2) is 14.0. The number of aliphatic hydroxyl groups excluding tert-OH is 1. The lowest BCUT2D eigenvalue weighted by Crippen LogP contribution is -2.31. The van der Waals surface area contributed by atoms with Crippen LogP contribution < -0.4 is 5.73 Å². The molecule has 0 fully saturated rings. The number of aliphatic hydroxyl groups is 1. The fraction of sp³-hybridized carbons (Fsp3) is 0.519. The zero-order valence-corrected chi connectivity index (χ0v) is 19.9. The molecule has 2 rings (SSSR count). The van der Waals surface area contributed by atoms with Gasteiger partial charge in [0, 0.05) is 13.2 Å². The van der Waals surface area contributed by atoms with Gasteiger partial charge >= 0.3 is 0 Å². The van der Waals surface area contributed by atoms with E-state index >= 15 is 0 Å². The van der Waals surface area contributed by atoms with Crippen LogP contribution in [0.1, 0.15) is 70.1 Å². The molecule has 0 aliphatic rings. The van der Waals surface area contributed by atoms with E-state index in [1.165, 1.54) is 24.0 Å². The van der Waals surface area contributed by atoms with E-state index in [1.54, 1.807) is 0 Å². The summed E-state index contributed by atoms with van der Waals surface area (Å²) < 4.78 is 5.35. The first-order chi connectivity index (χ1) is 15.5. The summed E-state index contributed by atoms with van der Waals surface area (Å²) >= 11 is 0. The van der Waals surface area contributed by atoms with Gasteiger partial charge in [0.1, 0.15) is 6.10 Å². The Balaban J connectivity index is 1.91. The van der Waals surface area contributed by atoms with Crippen LogP contribution in [0.4, 0.5) is 0 Å². The van der Waals surface area contributed by atoms with Gasteiger partial charge in [-0.1, -0.05) is 62.4 Å². The molecule has 2 unspecified atom stereocenters. The lowest BCUT2D eigenvalue weighted by Gasteiger charge is -2.21. The third-order valence-corrected chi connectivity index (χ3v) is 5.70. The Labute approximate surface area is 193 Å². The Kier molecular flexibility index (Phi) is 11.4. The molecule has 0 aliphatic carbocycles. The summed E-state index contributed by atoms with van der Waals surface area (Å²) in [6.45, 7) is 10.0. The number of benzene rings is 2. The summed E-state index contributed by atoms with van der Waals surface area (Å²) in [5.41, 5.74) is 9.88. The van der Waals surface area contributed by atoms with Crippen molar-refractivity contribution in [2.45, 2.75) is 71.6 Å². The summed E-state index contributed by atoms with van der Waals surface area (Å²) in [5.74, 6) is -0.444. The molecule has 0 aliphatic heterocycles. The van der Waals surface area contributed by atoms with Crippen LogP contribution in [-0.4, -0.2) is 41.7 Å². The Hall–Kier alpha value is -2.21. The molecule has 0 spiro atoms. The van der Waals surface area contributed by atoms with Gasteiger partial charge in [0.05, 0.1) is 6.10 Å². The quantitative estimate of drug-likeness (QED) is 0.405. The standard InChI is InChI=1S/C27H40N2O3/c1-4-18-29(19-5-2)20-21-10-12-22(13-11-21)23-14-16-24(17-15-23)25(30)8-7-9-26(27(28)31)32-6-3/h10-17,25-26,30H,4-9,18-20H2,1-3H3,(H2,28,31). The van der Waals surface area contributed by atoms with Gasteiger partial charge in [-0.25, -0.2) is 0 Å². The molecule has 0 saturated heterocycles. The molecule has 0 heterocycles. The van der Waals surface area contributed by atoms with Crippen molar-refractivity contribution in [3.8, 4) is 11.1 Å². The van der Waals surface area contributed by atoms with Crippen LogP contribution in [0.3, 0.4) is 0 Å². The molecule has 176 valence electrons. The first kappa shape index (κ1) is 26.0. The SMILES string of the molecule is CCCN(CCC)Cc1ccc(-c2ccc(C(O)CCCC(OCC)C(N)=O)cc2)cc1. The van der Waals surface area contributed by atoms with E-state index in [9.17, 15) is 9.90 Å². The number of carbonyl (C=O) groups excluding carboxylic acids is 1.